The zero-order valence-corrected chi connectivity index (χ0v) is 7.31. The predicted octanol–water partition coefficient (Wildman–Crippen LogP) is 0.635. The number of carbonyl (C=O) groups excluding carboxylic acids is 2. The highest BCUT2D eigenvalue weighted by Crippen LogP contribution is 2.25. The van der Waals surface area contributed by atoms with Crippen molar-refractivity contribution < 1.29 is 19.4 Å². The van der Waals surface area contributed by atoms with E-state index in [1.165, 1.54) is 0 Å². The van der Waals surface area contributed by atoms with E-state index in [4.69, 9.17) is 5.11 Å². The molecule has 0 aromatic rings. The van der Waals surface area contributed by atoms with E-state index >= 15 is 0 Å². The number of hydrogen-bond donors (Lipinski definition) is 1. The van der Waals surface area contributed by atoms with Crippen LogP contribution < -0.4 is 0 Å². The summed E-state index contributed by atoms with van der Waals surface area (Å²) in [5.41, 5.74) is 0.0758. The van der Waals surface area contributed by atoms with Crippen LogP contribution in [0.3, 0.4) is 0 Å². The third-order valence-electron chi connectivity index (χ3n) is 1.35. The lowest BCUT2D eigenvalue weighted by Gasteiger charge is -1.99. The maximum Gasteiger partial charge on any atom is 0.338 e. The lowest BCUT2D eigenvalue weighted by atomic mass is 10.3. The lowest BCUT2D eigenvalue weighted by molar-refractivity contribution is -0.138. The van der Waals surface area contributed by atoms with Crippen molar-refractivity contribution in [3.8, 4) is 0 Å². The van der Waals surface area contributed by atoms with Gasteiger partial charge in [0.1, 0.15) is 0 Å². The zero-order valence-electron chi connectivity index (χ0n) is 6.49. The summed E-state index contributed by atoms with van der Waals surface area (Å²) in [4.78, 5) is 21.7. The number of carbonyl (C=O) groups is 2. The Morgan fingerprint density at radius 1 is 1.75 bits per heavy atom. The van der Waals surface area contributed by atoms with E-state index in [0.717, 1.165) is 11.8 Å². The maximum absolute atomic E-state index is 11.0. The molecular weight excluding hydrogens is 180 g/mol. The molecule has 0 unspecified atom stereocenters. The van der Waals surface area contributed by atoms with Crippen LogP contribution in [-0.2, 0) is 14.3 Å². The summed E-state index contributed by atoms with van der Waals surface area (Å²) in [5, 5.41) is 8.60. The van der Waals surface area contributed by atoms with Gasteiger partial charge < -0.3 is 9.84 Å². The van der Waals surface area contributed by atoms with E-state index in [-0.39, 0.29) is 17.9 Å². The molecule has 0 aromatic carbocycles. The Hall–Kier alpha value is -0.970. The van der Waals surface area contributed by atoms with Gasteiger partial charge in [0.25, 0.3) is 5.12 Å². The highest BCUT2D eigenvalue weighted by molar-refractivity contribution is 8.14. The van der Waals surface area contributed by atoms with Gasteiger partial charge in [0.05, 0.1) is 12.2 Å². The second-order valence-electron chi connectivity index (χ2n) is 2.12. The van der Waals surface area contributed by atoms with Gasteiger partial charge in [0.2, 0.25) is 0 Å². The van der Waals surface area contributed by atoms with E-state index in [0.29, 0.717) is 0 Å². The van der Waals surface area contributed by atoms with Crippen molar-refractivity contribution in [1.82, 2.24) is 0 Å². The van der Waals surface area contributed by atoms with Gasteiger partial charge in [-0.2, -0.15) is 0 Å². The highest BCUT2D eigenvalue weighted by Gasteiger charge is 2.28. The van der Waals surface area contributed by atoms with Crippen LogP contribution in [0.5, 0.6) is 0 Å². The second-order valence-corrected chi connectivity index (χ2v) is 3.07. The average molecular weight is 188 g/mol. The summed E-state index contributed by atoms with van der Waals surface area (Å²) in [6.07, 6.45) is 0. The molecule has 1 aliphatic rings. The van der Waals surface area contributed by atoms with Crippen LogP contribution in [0.15, 0.2) is 11.3 Å². The first-order chi connectivity index (χ1) is 5.66. The van der Waals surface area contributed by atoms with Crippen molar-refractivity contribution in [2.45, 2.75) is 6.92 Å². The van der Waals surface area contributed by atoms with Crippen LogP contribution in [0.2, 0.25) is 0 Å². The Labute approximate surface area is 73.6 Å². The Balaban J connectivity index is 2.75. The van der Waals surface area contributed by atoms with Crippen LogP contribution >= 0.6 is 11.8 Å². The molecule has 1 heterocycles. The molecule has 5 heteroatoms. The maximum atomic E-state index is 11.0. The number of aliphatic hydroxyl groups is 1. The van der Waals surface area contributed by atoms with Crippen molar-refractivity contribution >= 4 is 22.8 Å². The first-order valence-corrected chi connectivity index (χ1v) is 4.41. The molecular formula is C7H8O4S. The van der Waals surface area contributed by atoms with E-state index in [9.17, 15) is 9.59 Å². The molecule has 1 N–H and O–H groups in total. The summed E-state index contributed by atoms with van der Waals surface area (Å²) in [6, 6.07) is 0. The largest absolute Gasteiger partial charge is 0.503 e. The first kappa shape index (κ1) is 9.12. The van der Waals surface area contributed by atoms with E-state index in [1.54, 1.807) is 6.92 Å². The predicted molar refractivity (Wildman–Crippen MR) is 43.8 cm³/mol. The van der Waals surface area contributed by atoms with Gasteiger partial charge in [-0.15, -0.1) is 0 Å². The van der Waals surface area contributed by atoms with Gasteiger partial charge in [0.15, 0.2) is 5.76 Å². The van der Waals surface area contributed by atoms with Gasteiger partial charge in [-0.05, 0) is 6.92 Å². The molecule has 0 saturated heterocycles. The lowest BCUT2D eigenvalue weighted by Crippen LogP contribution is -2.09. The number of thioether (sulfide) groups is 1. The molecule has 0 fully saturated rings. The fraction of sp³-hybridized carbons (Fsp3) is 0.429. The van der Waals surface area contributed by atoms with E-state index < -0.39 is 16.8 Å². The van der Waals surface area contributed by atoms with Gasteiger partial charge in [-0.25, -0.2) is 4.79 Å². The normalized spacial score (nSPS) is 16.9. The summed E-state index contributed by atoms with van der Waals surface area (Å²) >= 11 is 0.904. The third kappa shape index (κ3) is 1.61. The molecule has 0 amide bonds. The Kier molecular flexibility index (Phi) is 2.75. The van der Waals surface area contributed by atoms with Crippen LogP contribution in [0.1, 0.15) is 6.92 Å². The Bertz CT molecular complexity index is 256. The summed E-state index contributed by atoms with van der Waals surface area (Å²) < 4.78 is 4.62. The van der Waals surface area contributed by atoms with Crippen LogP contribution in [0.25, 0.3) is 0 Å². The zero-order chi connectivity index (χ0) is 9.14. The Morgan fingerprint density at radius 3 is 2.83 bits per heavy atom. The van der Waals surface area contributed by atoms with Crippen LogP contribution in [0, 0.1) is 0 Å². The van der Waals surface area contributed by atoms with Crippen molar-refractivity contribution in [3.63, 3.8) is 0 Å². The molecule has 1 rings (SSSR count). The molecule has 0 radical (unpaired) electrons. The number of esters is 1. The second kappa shape index (κ2) is 3.62. The molecule has 66 valence electrons. The summed E-state index contributed by atoms with van der Waals surface area (Å²) in [7, 11) is 0. The quantitative estimate of drug-likeness (QED) is 0.644. The molecule has 1 aliphatic heterocycles. The minimum atomic E-state index is -0.603. The monoisotopic (exact) mass is 188 g/mol. The molecule has 0 aliphatic carbocycles. The van der Waals surface area contributed by atoms with Gasteiger partial charge in [-0.1, -0.05) is 11.8 Å². The number of hydrogen-bond acceptors (Lipinski definition) is 5. The first-order valence-electron chi connectivity index (χ1n) is 3.43. The molecule has 0 aromatic heterocycles. The SMILES string of the molecule is CCOC(=O)C1=C(O)C(=O)SC1. The molecule has 0 bridgehead atoms. The van der Waals surface area contributed by atoms with Gasteiger partial charge in [0, 0.05) is 5.75 Å². The van der Waals surface area contributed by atoms with E-state index in [1.807, 2.05) is 0 Å². The fourth-order valence-corrected chi connectivity index (χ4v) is 1.56. The Morgan fingerprint density at radius 2 is 2.42 bits per heavy atom. The minimum Gasteiger partial charge on any atom is -0.503 e. The molecule has 0 saturated carbocycles. The van der Waals surface area contributed by atoms with Crippen molar-refractivity contribution in [1.29, 1.82) is 0 Å². The standard InChI is InChI=1S/C7H8O4S/c1-2-11-6(9)4-3-12-7(10)5(4)8/h8H,2-3H2,1H3. The smallest absolute Gasteiger partial charge is 0.338 e. The molecule has 0 spiro atoms. The fourth-order valence-electron chi connectivity index (χ4n) is 0.771. The van der Waals surface area contributed by atoms with Gasteiger partial charge >= 0.3 is 5.97 Å². The third-order valence-corrected chi connectivity index (χ3v) is 2.24. The molecule has 12 heavy (non-hydrogen) atoms. The number of ether oxygens (including phenoxy) is 1. The number of rotatable bonds is 2. The topological polar surface area (TPSA) is 63.6 Å². The van der Waals surface area contributed by atoms with Gasteiger partial charge in [-0.3, -0.25) is 4.79 Å². The van der Waals surface area contributed by atoms with E-state index in [2.05, 4.69) is 4.74 Å². The van der Waals surface area contributed by atoms with Crippen molar-refractivity contribution in [2.24, 2.45) is 0 Å². The van der Waals surface area contributed by atoms with Crippen LogP contribution in [0.4, 0.5) is 0 Å². The average Bonchev–Trinajstić information content (AvgIpc) is 2.34. The van der Waals surface area contributed by atoms with Crippen LogP contribution in [-0.4, -0.2) is 28.6 Å². The highest BCUT2D eigenvalue weighted by atomic mass is 32.2. The van der Waals surface area contributed by atoms with Crippen molar-refractivity contribution in [3.05, 3.63) is 11.3 Å². The minimum absolute atomic E-state index is 0.0758. The molecule has 0 atom stereocenters. The number of aliphatic hydroxyl groups excluding tert-OH is 1. The summed E-state index contributed by atoms with van der Waals surface area (Å²) in [5.74, 6) is -0.851. The summed E-state index contributed by atoms with van der Waals surface area (Å²) in [6.45, 7) is 1.91. The molecule has 4 nitrogen and oxygen atoms in total. The van der Waals surface area contributed by atoms with Crippen molar-refractivity contribution in [2.75, 3.05) is 12.4 Å².